The molecule has 0 spiro atoms. The Morgan fingerprint density at radius 1 is 1.22 bits per heavy atom. The number of aryl methyl sites for hydroxylation is 1. The predicted molar refractivity (Wildman–Crippen MR) is 89.6 cm³/mol. The SMILES string of the molecule is CC.CC.Cc1ccccc1CN1OC(CO)[C@H]2COC(=O)[C@H]21. The molecule has 1 N–H and O–H groups in total. The normalized spacial score (nSPS) is 25.7. The number of hydroxylamine groups is 2. The standard InChI is InChI=1S/C14H17NO4.2C2H6/c1-9-4-2-3-5-10(9)6-15-13-11(8-18-14(13)17)12(7-16)19-15;2*1-2/h2-5,11-13,16H,6-8H2,1H3;2*1-2H3/t11-,12?,13+;;/m1../s1. The maximum atomic E-state index is 11.8. The van der Waals surface area contributed by atoms with Gasteiger partial charge in [-0.15, -0.1) is 0 Å². The van der Waals surface area contributed by atoms with Gasteiger partial charge < -0.3 is 9.84 Å². The minimum absolute atomic E-state index is 0.0680. The maximum absolute atomic E-state index is 11.8. The summed E-state index contributed by atoms with van der Waals surface area (Å²) in [6.07, 6.45) is -0.347. The zero-order valence-corrected chi connectivity index (χ0v) is 14.8. The molecule has 0 radical (unpaired) electrons. The van der Waals surface area contributed by atoms with Gasteiger partial charge in [-0.1, -0.05) is 52.0 Å². The third kappa shape index (κ3) is 4.31. The fourth-order valence-electron chi connectivity index (χ4n) is 2.75. The van der Waals surface area contributed by atoms with Crippen molar-refractivity contribution in [3.8, 4) is 0 Å². The van der Waals surface area contributed by atoms with E-state index in [0.717, 1.165) is 11.1 Å². The maximum Gasteiger partial charge on any atom is 0.326 e. The predicted octanol–water partition coefficient (Wildman–Crippen LogP) is 2.70. The fraction of sp³-hybridized carbons (Fsp3) is 0.611. The summed E-state index contributed by atoms with van der Waals surface area (Å²) in [5, 5.41) is 11.0. The molecule has 5 heteroatoms. The van der Waals surface area contributed by atoms with E-state index in [1.807, 2.05) is 58.9 Å². The lowest BCUT2D eigenvalue weighted by molar-refractivity contribution is -0.193. The Hall–Kier alpha value is -1.43. The molecule has 0 aliphatic carbocycles. The molecule has 2 fully saturated rings. The lowest BCUT2D eigenvalue weighted by Crippen LogP contribution is -2.35. The van der Waals surface area contributed by atoms with E-state index in [1.165, 1.54) is 0 Å². The van der Waals surface area contributed by atoms with E-state index in [-0.39, 0.29) is 24.6 Å². The molecule has 0 saturated carbocycles. The van der Waals surface area contributed by atoms with Gasteiger partial charge in [0.2, 0.25) is 0 Å². The molecule has 130 valence electrons. The summed E-state index contributed by atoms with van der Waals surface area (Å²) in [5.41, 5.74) is 2.26. The highest BCUT2D eigenvalue weighted by Crippen LogP contribution is 2.34. The zero-order chi connectivity index (χ0) is 17.4. The molecule has 23 heavy (non-hydrogen) atoms. The number of ether oxygens (including phenoxy) is 1. The topological polar surface area (TPSA) is 59.0 Å². The molecule has 1 aromatic carbocycles. The van der Waals surface area contributed by atoms with E-state index in [0.29, 0.717) is 13.2 Å². The van der Waals surface area contributed by atoms with E-state index in [4.69, 9.17) is 9.57 Å². The number of benzene rings is 1. The Labute approximate surface area is 139 Å². The second-order valence-electron chi connectivity index (χ2n) is 5.07. The number of cyclic esters (lactones) is 1. The first kappa shape index (κ1) is 19.6. The fourth-order valence-corrected chi connectivity index (χ4v) is 2.75. The van der Waals surface area contributed by atoms with Gasteiger partial charge in [-0.3, -0.25) is 9.63 Å². The van der Waals surface area contributed by atoms with Gasteiger partial charge in [-0.05, 0) is 18.1 Å². The Balaban J connectivity index is 0.000000615. The summed E-state index contributed by atoms with van der Waals surface area (Å²) >= 11 is 0. The molecule has 1 unspecified atom stereocenters. The molecule has 5 nitrogen and oxygen atoms in total. The van der Waals surface area contributed by atoms with Crippen LogP contribution in [0.5, 0.6) is 0 Å². The van der Waals surface area contributed by atoms with Gasteiger partial charge in [-0.25, -0.2) is 0 Å². The van der Waals surface area contributed by atoms with Gasteiger partial charge in [0.15, 0.2) is 0 Å². The van der Waals surface area contributed by atoms with Gasteiger partial charge >= 0.3 is 5.97 Å². The minimum Gasteiger partial charge on any atom is -0.464 e. The highest BCUT2D eigenvalue weighted by atomic mass is 16.7. The van der Waals surface area contributed by atoms with Crippen LogP contribution >= 0.6 is 0 Å². The van der Waals surface area contributed by atoms with Crippen molar-refractivity contribution < 1.29 is 19.5 Å². The number of carbonyl (C=O) groups is 1. The van der Waals surface area contributed by atoms with Crippen LogP contribution in [0, 0.1) is 12.8 Å². The molecule has 2 aliphatic heterocycles. The monoisotopic (exact) mass is 323 g/mol. The average molecular weight is 323 g/mol. The molecule has 0 bridgehead atoms. The second kappa shape index (κ2) is 9.65. The number of fused-ring (bicyclic) bond motifs is 1. The van der Waals surface area contributed by atoms with Crippen LogP contribution < -0.4 is 0 Å². The Morgan fingerprint density at radius 3 is 2.48 bits per heavy atom. The second-order valence-corrected chi connectivity index (χ2v) is 5.07. The van der Waals surface area contributed by atoms with Crippen LogP contribution in [-0.2, 0) is 20.9 Å². The van der Waals surface area contributed by atoms with Crippen LogP contribution in [-0.4, -0.2) is 41.5 Å². The molecule has 2 aliphatic rings. The van der Waals surface area contributed by atoms with Gasteiger partial charge in [0, 0.05) is 0 Å². The summed E-state index contributed by atoms with van der Waals surface area (Å²) in [5.74, 6) is -0.323. The number of rotatable bonds is 3. The van der Waals surface area contributed by atoms with Gasteiger partial charge in [0.05, 0.1) is 25.7 Å². The van der Waals surface area contributed by atoms with Gasteiger partial charge in [0.1, 0.15) is 12.1 Å². The quantitative estimate of drug-likeness (QED) is 0.867. The van der Waals surface area contributed by atoms with Crippen LogP contribution in [0.4, 0.5) is 0 Å². The van der Waals surface area contributed by atoms with Gasteiger partial charge in [-0.2, -0.15) is 5.06 Å². The van der Waals surface area contributed by atoms with E-state index >= 15 is 0 Å². The van der Waals surface area contributed by atoms with Crippen LogP contribution in [0.15, 0.2) is 24.3 Å². The summed E-state index contributed by atoms with van der Waals surface area (Å²) in [6, 6.07) is 7.59. The summed E-state index contributed by atoms with van der Waals surface area (Å²) in [7, 11) is 0. The van der Waals surface area contributed by atoms with Crippen molar-refractivity contribution in [3.63, 3.8) is 0 Å². The van der Waals surface area contributed by atoms with Crippen molar-refractivity contribution >= 4 is 5.97 Å². The highest BCUT2D eigenvalue weighted by Gasteiger charge is 2.52. The Kier molecular flexibility index (Phi) is 8.23. The number of aliphatic hydroxyl groups excluding tert-OH is 1. The molecular weight excluding hydrogens is 294 g/mol. The molecule has 2 heterocycles. The number of hydrogen-bond donors (Lipinski definition) is 1. The first-order valence-electron chi connectivity index (χ1n) is 8.46. The van der Waals surface area contributed by atoms with Crippen molar-refractivity contribution in [2.45, 2.75) is 53.3 Å². The van der Waals surface area contributed by atoms with Crippen molar-refractivity contribution in [2.75, 3.05) is 13.2 Å². The van der Waals surface area contributed by atoms with Crippen LogP contribution in [0.25, 0.3) is 0 Å². The number of esters is 1. The molecule has 2 saturated heterocycles. The first-order chi connectivity index (χ1) is 11.2. The molecular formula is C18H29NO4. The van der Waals surface area contributed by atoms with E-state index in [9.17, 15) is 9.90 Å². The summed E-state index contributed by atoms with van der Waals surface area (Å²) < 4.78 is 5.08. The van der Waals surface area contributed by atoms with E-state index in [2.05, 4.69) is 0 Å². The molecule has 3 rings (SSSR count). The molecule has 0 aromatic heterocycles. The van der Waals surface area contributed by atoms with E-state index in [1.54, 1.807) is 5.06 Å². The largest absolute Gasteiger partial charge is 0.464 e. The highest BCUT2D eigenvalue weighted by molar-refractivity contribution is 5.78. The van der Waals surface area contributed by atoms with Crippen LogP contribution in [0.1, 0.15) is 38.8 Å². The average Bonchev–Trinajstić information content (AvgIpc) is 3.15. The zero-order valence-electron chi connectivity index (χ0n) is 14.8. The van der Waals surface area contributed by atoms with Crippen LogP contribution in [0.3, 0.4) is 0 Å². The van der Waals surface area contributed by atoms with Crippen molar-refractivity contribution in [1.82, 2.24) is 5.06 Å². The smallest absolute Gasteiger partial charge is 0.326 e. The number of hydrogen-bond acceptors (Lipinski definition) is 5. The van der Waals surface area contributed by atoms with Gasteiger partial charge in [0.25, 0.3) is 0 Å². The van der Waals surface area contributed by atoms with E-state index < -0.39 is 6.04 Å². The molecule has 0 amide bonds. The lowest BCUT2D eigenvalue weighted by atomic mass is 9.98. The first-order valence-corrected chi connectivity index (χ1v) is 8.46. The Morgan fingerprint density at radius 2 is 1.87 bits per heavy atom. The molecule has 1 aromatic rings. The van der Waals surface area contributed by atoms with Crippen LogP contribution in [0.2, 0.25) is 0 Å². The van der Waals surface area contributed by atoms with Crippen molar-refractivity contribution in [3.05, 3.63) is 35.4 Å². The minimum atomic E-state index is -0.392. The Bertz CT molecular complexity index is 492. The third-order valence-electron chi connectivity index (χ3n) is 3.89. The van der Waals surface area contributed by atoms with Crippen molar-refractivity contribution in [2.24, 2.45) is 5.92 Å². The third-order valence-corrected chi connectivity index (χ3v) is 3.89. The number of aliphatic hydroxyl groups is 1. The molecule has 3 atom stereocenters. The number of nitrogens with zero attached hydrogens (tertiary/aromatic N) is 1. The summed E-state index contributed by atoms with van der Waals surface area (Å²) in [4.78, 5) is 17.5. The number of carbonyl (C=O) groups excluding carboxylic acids is 1. The lowest BCUT2D eigenvalue weighted by Gasteiger charge is -2.20. The van der Waals surface area contributed by atoms with Crippen molar-refractivity contribution in [1.29, 1.82) is 0 Å². The summed E-state index contributed by atoms with van der Waals surface area (Å²) in [6.45, 7) is 10.8.